The van der Waals surface area contributed by atoms with Crippen LogP contribution in [0.1, 0.15) is 25.7 Å². The summed E-state index contributed by atoms with van der Waals surface area (Å²) in [6.07, 6.45) is -0.942. The molecule has 3 fully saturated rings. The zero-order chi connectivity index (χ0) is 16.4. The highest BCUT2D eigenvalue weighted by atomic mass is 19.4. The van der Waals surface area contributed by atoms with Crippen molar-refractivity contribution in [1.29, 1.82) is 0 Å². The number of halogens is 3. The van der Waals surface area contributed by atoms with E-state index in [1.807, 2.05) is 0 Å². The van der Waals surface area contributed by atoms with Crippen LogP contribution in [-0.2, 0) is 0 Å². The van der Waals surface area contributed by atoms with Gasteiger partial charge in [0.2, 0.25) is 0 Å². The number of alkyl halides is 3. The summed E-state index contributed by atoms with van der Waals surface area (Å²) in [7, 11) is 2.17. The Bertz CT molecular complexity index is 380. The minimum Gasteiger partial charge on any atom is -0.304 e. The van der Waals surface area contributed by atoms with Gasteiger partial charge in [0.25, 0.3) is 0 Å². The van der Waals surface area contributed by atoms with Gasteiger partial charge in [-0.2, -0.15) is 13.2 Å². The molecule has 0 aromatic heterocycles. The van der Waals surface area contributed by atoms with Gasteiger partial charge in [0.05, 0.1) is 6.42 Å². The van der Waals surface area contributed by atoms with Gasteiger partial charge < -0.3 is 14.7 Å². The van der Waals surface area contributed by atoms with Crippen LogP contribution >= 0.6 is 0 Å². The van der Waals surface area contributed by atoms with Crippen LogP contribution in [0.2, 0.25) is 0 Å². The summed E-state index contributed by atoms with van der Waals surface area (Å²) in [6.45, 7) is 7.68. The van der Waals surface area contributed by atoms with Crippen molar-refractivity contribution < 1.29 is 13.2 Å². The lowest BCUT2D eigenvalue weighted by molar-refractivity contribution is -0.137. The smallest absolute Gasteiger partial charge is 0.304 e. The Hall–Kier alpha value is -0.330. The van der Waals surface area contributed by atoms with Gasteiger partial charge in [0, 0.05) is 52.4 Å². The van der Waals surface area contributed by atoms with E-state index in [1.54, 1.807) is 0 Å². The van der Waals surface area contributed by atoms with E-state index in [0.29, 0.717) is 17.8 Å². The zero-order valence-electron chi connectivity index (χ0n) is 14.2. The lowest BCUT2D eigenvalue weighted by atomic mass is 9.73. The molecule has 0 unspecified atom stereocenters. The minimum atomic E-state index is -4.02. The summed E-state index contributed by atoms with van der Waals surface area (Å²) < 4.78 is 37.4. The molecule has 0 aromatic carbocycles. The van der Waals surface area contributed by atoms with Crippen molar-refractivity contribution in [2.45, 2.75) is 31.9 Å². The first-order valence-electron chi connectivity index (χ1n) is 9.11. The van der Waals surface area contributed by atoms with Crippen LogP contribution < -0.4 is 0 Å². The highest BCUT2D eigenvalue weighted by Gasteiger charge is 2.41. The van der Waals surface area contributed by atoms with Crippen molar-refractivity contribution in [1.82, 2.24) is 14.7 Å². The second-order valence-electron chi connectivity index (χ2n) is 7.84. The van der Waals surface area contributed by atoms with Crippen molar-refractivity contribution in [2.75, 3.05) is 59.4 Å². The highest BCUT2D eigenvalue weighted by Crippen LogP contribution is 2.41. The molecule has 1 aliphatic carbocycles. The third kappa shape index (κ3) is 4.83. The van der Waals surface area contributed by atoms with Gasteiger partial charge in [-0.1, -0.05) is 6.42 Å². The fraction of sp³-hybridized carbons (Fsp3) is 1.00. The summed E-state index contributed by atoms with van der Waals surface area (Å²) in [5, 5.41) is 0. The summed E-state index contributed by atoms with van der Waals surface area (Å²) in [4.78, 5) is 7.02. The van der Waals surface area contributed by atoms with E-state index in [1.165, 1.54) is 19.3 Å². The maximum Gasteiger partial charge on any atom is 0.390 e. The molecule has 0 amide bonds. The molecule has 3 nitrogen and oxygen atoms in total. The monoisotopic (exact) mass is 333 g/mol. The number of nitrogens with zero attached hydrogens (tertiary/aromatic N) is 3. The van der Waals surface area contributed by atoms with E-state index in [-0.39, 0.29) is 6.54 Å². The normalized spacial score (nSPS) is 34.7. The van der Waals surface area contributed by atoms with E-state index < -0.39 is 12.6 Å². The Balaban J connectivity index is 1.50. The predicted octanol–water partition coefficient (Wildman–Crippen LogP) is 2.53. The molecule has 3 rings (SSSR count). The second-order valence-corrected chi connectivity index (χ2v) is 7.84. The molecule has 23 heavy (non-hydrogen) atoms. The first-order valence-corrected chi connectivity index (χ1v) is 9.11. The Labute approximate surface area is 137 Å². The summed E-state index contributed by atoms with van der Waals surface area (Å²) >= 11 is 0. The van der Waals surface area contributed by atoms with Gasteiger partial charge in [0.1, 0.15) is 0 Å². The third-order valence-corrected chi connectivity index (χ3v) is 6.12. The van der Waals surface area contributed by atoms with Gasteiger partial charge in [-0.15, -0.1) is 0 Å². The summed E-state index contributed by atoms with van der Waals surface area (Å²) in [5.74, 6) is 1.94. The number of hydrogen-bond donors (Lipinski definition) is 0. The van der Waals surface area contributed by atoms with E-state index in [2.05, 4.69) is 21.7 Å². The summed E-state index contributed by atoms with van der Waals surface area (Å²) in [6, 6.07) is 0. The fourth-order valence-corrected chi connectivity index (χ4v) is 4.74. The second kappa shape index (κ2) is 7.28. The molecule has 0 radical (unpaired) electrons. The minimum absolute atomic E-state index is 0.192. The van der Waals surface area contributed by atoms with Crippen molar-refractivity contribution in [3.8, 4) is 0 Å². The van der Waals surface area contributed by atoms with Gasteiger partial charge >= 0.3 is 6.18 Å². The molecule has 6 heteroatoms. The molecular formula is C17H30F3N3. The molecule has 3 atom stereocenters. The Morgan fingerprint density at radius 2 is 1.70 bits per heavy atom. The third-order valence-electron chi connectivity index (χ3n) is 6.12. The van der Waals surface area contributed by atoms with Crippen LogP contribution in [0.25, 0.3) is 0 Å². The Morgan fingerprint density at radius 1 is 0.957 bits per heavy atom. The first-order chi connectivity index (χ1) is 10.9. The van der Waals surface area contributed by atoms with Crippen LogP contribution in [0.5, 0.6) is 0 Å². The van der Waals surface area contributed by atoms with Crippen molar-refractivity contribution in [2.24, 2.45) is 17.8 Å². The largest absolute Gasteiger partial charge is 0.390 e. The molecule has 2 aliphatic heterocycles. The number of fused-ring (bicyclic) bond motifs is 1. The maximum absolute atomic E-state index is 12.5. The van der Waals surface area contributed by atoms with Crippen LogP contribution in [0.3, 0.4) is 0 Å². The highest BCUT2D eigenvalue weighted by molar-refractivity contribution is 4.92. The maximum atomic E-state index is 12.5. The van der Waals surface area contributed by atoms with Gasteiger partial charge in [-0.25, -0.2) is 0 Å². The Kier molecular flexibility index (Phi) is 5.53. The average Bonchev–Trinajstić information content (AvgIpc) is 2.91. The molecule has 3 aliphatic rings. The molecule has 0 N–H and O–H groups in total. The van der Waals surface area contributed by atoms with E-state index >= 15 is 0 Å². The number of rotatable bonds is 4. The predicted molar refractivity (Wildman–Crippen MR) is 85.4 cm³/mol. The molecule has 1 saturated carbocycles. The lowest BCUT2D eigenvalue weighted by Gasteiger charge is -2.39. The quantitative estimate of drug-likeness (QED) is 0.783. The van der Waals surface area contributed by atoms with Crippen LogP contribution in [0.4, 0.5) is 13.2 Å². The number of likely N-dealkylation sites (N-methyl/N-ethyl adjacent to an activating group) is 1. The SMILES string of the molecule is CN1CCN(C[C@@H]2CCC[C@@H]3CN(CCC(F)(F)F)C[C@@H]32)CC1. The van der Waals surface area contributed by atoms with Gasteiger partial charge in [-0.05, 0) is 37.6 Å². The fourth-order valence-electron chi connectivity index (χ4n) is 4.74. The molecular weight excluding hydrogens is 303 g/mol. The van der Waals surface area contributed by atoms with Crippen molar-refractivity contribution in [3.05, 3.63) is 0 Å². The number of likely N-dealkylation sites (tertiary alicyclic amines) is 1. The van der Waals surface area contributed by atoms with E-state index in [0.717, 1.165) is 45.8 Å². The molecule has 0 spiro atoms. The number of piperazine rings is 1. The van der Waals surface area contributed by atoms with E-state index in [9.17, 15) is 13.2 Å². The molecule has 2 heterocycles. The number of hydrogen-bond acceptors (Lipinski definition) is 3. The van der Waals surface area contributed by atoms with Crippen LogP contribution in [0.15, 0.2) is 0 Å². The Morgan fingerprint density at radius 3 is 2.39 bits per heavy atom. The first kappa shape index (κ1) is 17.5. The molecule has 0 bridgehead atoms. The van der Waals surface area contributed by atoms with Crippen LogP contribution in [-0.4, -0.2) is 80.3 Å². The lowest BCUT2D eigenvalue weighted by Crippen LogP contribution is -2.47. The van der Waals surface area contributed by atoms with E-state index in [4.69, 9.17) is 0 Å². The van der Waals surface area contributed by atoms with Gasteiger partial charge in [-0.3, -0.25) is 0 Å². The molecule has 134 valence electrons. The topological polar surface area (TPSA) is 9.72 Å². The van der Waals surface area contributed by atoms with Gasteiger partial charge in [0.15, 0.2) is 0 Å². The van der Waals surface area contributed by atoms with Crippen molar-refractivity contribution >= 4 is 0 Å². The zero-order valence-corrected chi connectivity index (χ0v) is 14.2. The molecule has 2 saturated heterocycles. The molecule has 0 aromatic rings. The average molecular weight is 333 g/mol. The van der Waals surface area contributed by atoms with Crippen LogP contribution in [0, 0.1) is 17.8 Å². The standard InChI is InChI=1S/C17H30F3N3/c1-21-7-9-22(10-8-21)11-14-3-2-4-15-12-23(13-16(14)15)6-5-17(18,19)20/h14-16H,2-13H2,1H3/t14-,15+,16+/m0/s1. The van der Waals surface area contributed by atoms with Crippen molar-refractivity contribution in [3.63, 3.8) is 0 Å². The summed E-state index contributed by atoms with van der Waals surface area (Å²) in [5.41, 5.74) is 0.